The van der Waals surface area contributed by atoms with Crippen LogP contribution in [0.3, 0.4) is 0 Å². The topological polar surface area (TPSA) is 40.6 Å². The summed E-state index contributed by atoms with van der Waals surface area (Å²) in [6.07, 6.45) is -4.17. The van der Waals surface area contributed by atoms with E-state index in [1.807, 2.05) is 0 Å². The molecule has 4 nitrogen and oxygen atoms in total. The third kappa shape index (κ3) is 6.23. The van der Waals surface area contributed by atoms with Crippen LogP contribution >= 0.6 is 15.9 Å². The van der Waals surface area contributed by atoms with Gasteiger partial charge >= 0.3 is 6.18 Å². The molecule has 1 unspecified atom stereocenters. The minimum atomic E-state index is -4.53. The fourth-order valence-corrected chi connectivity index (χ4v) is 1.40. The second-order valence-corrected chi connectivity index (χ2v) is 5.08. The molecule has 0 saturated heterocycles. The summed E-state index contributed by atoms with van der Waals surface area (Å²) < 4.78 is 37.1. The van der Waals surface area contributed by atoms with Crippen molar-refractivity contribution in [3.8, 4) is 0 Å². The molecule has 0 radical (unpaired) electrons. The summed E-state index contributed by atoms with van der Waals surface area (Å²) in [7, 11) is 2.84. The van der Waals surface area contributed by atoms with Gasteiger partial charge in [0.25, 0.3) is 0 Å². The molecule has 0 aromatic carbocycles. The molecule has 0 saturated carbocycles. The molecule has 0 aliphatic heterocycles. The van der Waals surface area contributed by atoms with Crippen molar-refractivity contribution in [3.05, 3.63) is 0 Å². The normalized spacial score (nSPS) is 13.1. The quantitative estimate of drug-likeness (QED) is 0.718. The van der Waals surface area contributed by atoms with Gasteiger partial charge in [0.05, 0.1) is 4.83 Å². The second-order valence-electron chi connectivity index (χ2n) is 3.97. The van der Waals surface area contributed by atoms with Crippen LogP contribution in [0.2, 0.25) is 0 Å². The maximum atomic E-state index is 12.4. The summed E-state index contributed by atoms with van der Waals surface area (Å²) in [5.74, 6) is -1.28. The van der Waals surface area contributed by atoms with Gasteiger partial charge in [0.2, 0.25) is 11.8 Å². The first kappa shape index (κ1) is 17.2. The van der Waals surface area contributed by atoms with E-state index in [0.29, 0.717) is 11.3 Å². The summed E-state index contributed by atoms with van der Waals surface area (Å²) >= 11 is 2.99. The predicted octanol–water partition coefficient (Wildman–Crippen LogP) is 1.64. The Bertz CT molecular complexity index is 308. The summed E-state index contributed by atoms with van der Waals surface area (Å²) in [4.78, 5) is 24.1. The van der Waals surface area contributed by atoms with Crippen LogP contribution in [0, 0.1) is 0 Å². The molecule has 8 heteroatoms. The molecular formula is C10H16BrF3N2O2. The Labute approximate surface area is 112 Å². The largest absolute Gasteiger partial charge is 0.406 e. The Morgan fingerprint density at radius 2 is 1.78 bits per heavy atom. The van der Waals surface area contributed by atoms with E-state index >= 15 is 0 Å². The summed E-state index contributed by atoms with van der Waals surface area (Å²) in [5, 5.41) is 0. The van der Waals surface area contributed by atoms with E-state index in [2.05, 4.69) is 15.9 Å². The van der Waals surface area contributed by atoms with Gasteiger partial charge in [-0.3, -0.25) is 9.59 Å². The minimum Gasteiger partial charge on any atom is -0.347 e. The van der Waals surface area contributed by atoms with Crippen molar-refractivity contribution in [2.24, 2.45) is 0 Å². The molecule has 2 amide bonds. The first-order valence-electron chi connectivity index (χ1n) is 5.28. The van der Waals surface area contributed by atoms with Crippen LogP contribution in [0.25, 0.3) is 0 Å². The minimum absolute atomic E-state index is 0.351. The van der Waals surface area contributed by atoms with Gasteiger partial charge in [0, 0.05) is 14.1 Å². The Hall–Kier alpha value is -0.790. The van der Waals surface area contributed by atoms with Crippen molar-refractivity contribution < 1.29 is 22.8 Å². The van der Waals surface area contributed by atoms with Crippen LogP contribution in [0.1, 0.15) is 13.3 Å². The van der Waals surface area contributed by atoms with E-state index in [0.717, 1.165) is 4.90 Å². The van der Waals surface area contributed by atoms with Crippen molar-refractivity contribution in [2.45, 2.75) is 24.3 Å². The SMILES string of the molecule is CCC(Br)C(=O)N(CC(=O)N(C)C)CC(F)(F)F. The number of hydrogen-bond donors (Lipinski definition) is 0. The number of carbonyl (C=O) groups excluding carboxylic acids is 2. The van der Waals surface area contributed by atoms with Gasteiger partial charge in [-0.2, -0.15) is 13.2 Å². The molecule has 0 spiro atoms. The maximum Gasteiger partial charge on any atom is 0.406 e. The molecule has 0 heterocycles. The lowest BCUT2D eigenvalue weighted by Gasteiger charge is -2.26. The molecule has 106 valence electrons. The standard InChI is InChI=1S/C10H16BrF3N2O2/c1-4-7(11)9(18)16(6-10(12,13)14)5-8(17)15(2)3/h7H,4-6H2,1-3H3. The van der Waals surface area contributed by atoms with Gasteiger partial charge in [0.15, 0.2) is 0 Å². The van der Waals surface area contributed by atoms with Gasteiger partial charge in [-0.1, -0.05) is 22.9 Å². The number of halogens is 4. The van der Waals surface area contributed by atoms with E-state index in [9.17, 15) is 22.8 Å². The zero-order valence-electron chi connectivity index (χ0n) is 10.4. The average molecular weight is 333 g/mol. The number of amides is 2. The molecule has 0 fully saturated rings. The van der Waals surface area contributed by atoms with E-state index in [4.69, 9.17) is 0 Å². The Morgan fingerprint density at radius 3 is 2.11 bits per heavy atom. The van der Waals surface area contributed by atoms with Crippen LogP contribution in [-0.4, -0.2) is 59.8 Å². The van der Waals surface area contributed by atoms with Crippen LogP contribution in [0.4, 0.5) is 13.2 Å². The zero-order valence-corrected chi connectivity index (χ0v) is 12.0. The summed E-state index contributed by atoms with van der Waals surface area (Å²) in [5.41, 5.74) is 0. The lowest BCUT2D eigenvalue weighted by atomic mass is 10.3. The highest BCUT2D eigenvalue weighted by Gasteiger charge is 2.35. The fraction of sp³-hybridized carbons (Fsp3) is 0.800. The molecule has 0 aliphatic carbocycles. The van der Waals surface area contributed by atoms with Crippen molar-refractivity contribution in [1.82, 2.24) is 9.80 Å². The molecule has 0 N–H and O–H groups in total. The third-order valence-corrected chi connectivity index (χ3v) is 3.17. The molecular weight excluding hydrogens is 317 g/mol. The van der Waals surface area contributed by atoms with E-state index in [-0.39, 0.29) is 0 Å². The van der Waals surface area contributed by atoms with E-state index in [1.54, 1.807) is 6.92 Å². The summed E-state index contributed by atoms with van der Waals surface area (Å²) in [6.45, 7) is -0.336. The fourth-order valence-electron chi connectivity index (χ4n) is 1.11. The highest BCUT2D eigenvalue weighted by Crippen LogP contribution is 2.19. The number of rotatable bonds is 5. The van der Waals surface area contributed by atoms with Gasteiger partial charge in [-0.15, -0.1) is 0 Å². The Kier molecular flexibility index (Phi) is 6.66. The lowest BCUT2D eigenvalue weighted by molar-refractivity contribution is -0.163. The molecule has 1 atom stereocenters. The number of likely N-dealkylation sites (N-methyl/N-ethyl adjacent to an activating group) is 1. The number of hydrogen-bond acceptors (Lipinski definition) is 2. The Morgan fingerprint density at radius 1 is 1.28 bits per heavy atom. The molecule has 0 rings (SSSR count). The van der Waals surface area contributed by atoms with Crippen LogP contribution < -0.4 is 0 Å². The zero-order chi connectivity index (χ0) is 14.5. The number of nitrogens with zero attached hydrogens (tertiary/aromatic N) is 2. The third-order valence-electron chi connectivity index (χ3n) is 2.13. The van der Waals surface area contributed by atoms with Crippen LogP contribution in [0.5, 0.6) is 0 Å². The first-order valence-corrected chi connectivity index (χ1v) is 6.19. The van der Waals surface area contributed by atoms with Gasteiger partial charge in [-0.25, -0.2) is 0 Å². The molecule has 0 aromatic rings. The molecule has 0 aliphatic rings. The van der Waals surface area contributed by atoms with Crippen molar-refractivity contribution >= 4 is 27.7 Å². The highest BCUT2D eigenvalue weighted by atomic mass is 79.9. The van der Waals surface area contributed by atoms with Crippen molar-refractivity contribution in [2.75, 3.05) is 27.2 Å². The second kappa shape index (κ2) is 6.96. The predicted molar refractivity (Wildman–Crippen MR) is 64.3 cm³/mol. The van der Waals surface area contributed by atoms with Gasteiger partial charge in [0.1, 0.15) is 13.1 Å². The van der Waals surface area contributed by atoms with Crippen LogP contribution in [-0.2, 0) is 9.59 Å². The molecule has 0 bridgehead atoms. The lowest BCUT2D eigenvalue weighted by Crippen LogP contribution is -2.47. The van der Waals surface area contributed by atoms with Crippen LogP contribution in [0.15, 0.2) is 0 Å². The Balaban J connectivity index is 4.83. The molecule has 18 heavy (non-hydrogen) atoms. The number of carbonyl (C=O) groups is 2. The monoisotopic (exact) mass is 332 g/mol. The average Bonchev–Trinajstić information content (AvgIpc) is 2.23. The number of alkyl halides is 4. The van der Waals surface area contributed by atoms with Gasteiger partial charge in [-0.05, 0) is 6.42 Å². The maximum absolute atomic E-state index is 12.4. The van der Waals surface area contributed by atoms with E-state index < -0.39 is 35.9 Å². The van der Waals surface area contributed by atoms with Crippen molar-refractivity contribution in [1.29, 1.82) is 0 Å². The highest BCUT2D eigenvalue weighted by molar-refractivity contribution is 9.10. The smallest absolute Gasteiger partial charge is 0.347 e. The van der Waals surface area contributed by atoms with E-state index in [1.165, 1.54) is 14.1 Å². The molecule has 0 aromatic heterocycles. The first-order chi connectivity index (χ1) is 8.08. The van der Waals surface area contributed by atoms with Gasteiger partial charge < -0.3 is 9.80 Å². The summed E-state index contributed by atoms with van der Waals surface area (Å²) in [6, 6.07) is 0. The van der Waals surface area contributed by atoms with Crippen molar-refractivity contribution in [3.63, 3.8) is 0 Å².